The highest BCUT2D eigenvalue weighted by atomic mass is 16.2. The minimum atomic E-state index is -0.0628. The van der Waals surface area contributed by atoms with Crippen molar-refractivity contribution < 1.29 is 9.59 Å². The fourth-order valence-corrected chi connectivity index (χ4v) is 3.97. The number of aryl methyl sites for hydroxylation is 2. The SMILES string of the molecule is CCCN(CCC)C(=O)Cn1c(CCCNC(=O)c2cccc(C)c2)nc2ccccc21. The number of nitrogens with zero attached hydrogens (tertiary/aromatic N) is 3. The van der Waals surface area contributed by atoms with E-state index in [9.17, 15) is 9.59 Å². The Kier molecular flexibility index (Phi) is 8.42. The normalized spacial score (nSPS) is 11.0. The predicted octanol–water partition coefficient (Wildman–Crippen LogP) is 4.36. The Labute approximate surface area is 190 Å². The average molecular weight is 435 g/mol. The first-order valence-electron chi connectivity index (χ1n) is 11.6. The molecule has 0 atom stereocenters. The van der Waals surface area contributed by atoms with Crippen LogP contribution in [0.2, 0.25) is 0 Å². The van der Waals surface area contributed by atoms with Gasteiger partial charge < -0.3 is 14.8 Å². The van der Waals surface area contributed by atoms with Crippen LogP contribution >= 0.6 is 0 Å². The number of benzene rings is 2. The second-order valence-corrected chi connectivity index (χ2v) is 8.21. The van der Waals surface area contributed by atoms with E-state index in [4.69, 9.17) is 4.98 Å². The molecule has 0 bridgehead atoms. The molecule has 0 unspecified atom stereocenters. The van der Waals surface area contributed by atoms with Crippen molar-refractivity contribution in [3.63, 3.8) is 0 Å². The maximum atomic E-state index is 13.0. The Morgan fingerprint density at radius 1 is 1.03 bits per heavy atom. The van der Waals surface area contributed by atoms with Crippen LogP contribution in [-0.2, 0) is 17.8 Å². The molecule has 0 spiro atoms. The quantitative estimate of drug-likeness (QED) is 0.456. The van der Waals surface area contributed by atoms with Gasteiger partial charge in [-0.25, -0.2) is 4.98 Å². The van der Waals surface area contributed by atoms with Gasteiger partial charge in [-0.05, 0) is 50.5 Å². The lowest BCUT2D eigenvalue weighted by atomic mass is 10.1. The lowest BCUT2D eigenvalue weighted by Crippen LogP contribution is -2.35. The van der Waals surface area contributed by atoms with Crippen molar-refractivity contribution >= 4 is 22.8 Å². The van der Waals surface area contributed by atoms with Crippen LogP contribution in [0.1, 0.15) is 54.9 Å². The van der Waals surface area contributed by atoms with Crippen LogP contribution in [0.3, 0.4) is 0 Å². The first-order valence-corrected chi connectivity index (χ1v) is 11.6. The van der Waals surface area contributed by atoms with Gasteiger partial charge in [-0.15, -0.1) is 0 Å². The van der Waals surface area contributed by atoms with Crippen molar-refractivity contribution in [1.29, 1.82) is 0 Å². The minimum absolute atomic E-state index is 0.0628. The van der Waals surface area contributed by atoms with Crippen LogP contribution < -0.4 is 5.32 Å². The molecule has 0 saturated carbocycles. The third-order valence-corrected chi connectivity index (χ3v) is 5.51. The van der Waals surface area contributed by atoms with E-state index in [0.717, 1.165) is 54.8 Å². The molecule has 0 saturated heterocycles. The molecule has 3 rings (SSSR count). The summed E-state index contributed by atoms with van der Waals surface area (Å²) in [4.78, 5) is 32.1. The summed E-state index contributed by atoms with van der Waals surface area (Å²) < 4.78 is 2.04. The average Bonchev–Trinajstić information content (AvgIpc) is 3.13. The molecular formula is C26H34N4O2. The number of aromatic nitrogens is 2. The van der Waals surface area contributed by atoms with Crippen molar-refractivity contribution in [2.45, 2.75) is 53.0 Å². The fourth-order valence-electron chi connectivity index (χ4n) is 3.97. The summed E-state index contributed by atoms with van der Waals surface area (Å²) in [5, 5.41) is 2.99. The zero-order chi connectivity index (χ0) is 22.9. The second-order valence-electron chi connectivity index (χ2n) is 8.21. The Hall–Kier alpha value is -3.15. The van der Waals surface area contributed by atoms with Crippen LogP contribution in [-0.4, -0.2) is 45.9 Å². The number of fused-ring (bicyclic) bond motifs is 1. The molecule has 0 aliphatic rings. The Balaban J connectivity index is 1.67. The number of imidazole rings is 1. The molecule has 1 heterocycles. The van der Waals surface area contributed by atoms with Crippen molar-refractivity contribution in [2.75, 3.05) is 19.6 Å². The van der Waals surface area contributed by atoms with E-state index < -0.39 is 0 Å². The number of carbonyl (C=O) groups is 2. The number of hydrogen-bond acceptors (Lipinski definition) is 3. The van der Waals surface area contributed by atoms with Crippen LogP contribution in [0, 0.1) is 6.92 Å². The van der Waals surface area contributed by atoms with E-state index >= 15 is 0 Å². The van der Waals surface area contributed by atoms with Gasteiger partial charge in [-0.2, -0.15) is 0 Å². The maximum absolute atomic E-state index is 13.0. The van der Waals surface area contributed by atoms with Gasteiger partial charge in [-0.1, -0.05) is 43.7 Å². The monoisotopic (exact) mass is 434 g/mol. The molecule has 1 aromatic heterocycles. The number of amides is 2. The van der Waals surface area contributed by atoms with Crippen LogP contribution in [0.4, 0.5) is 0 Å². The number of carbonyl (C=O) groups excluding carboxylic acids is 2. The molecule has 6 nitrogen and oxygen atoms in total. The van der Waals surface area contributed by atoms with Crippen molar-refractivity contribution in [1.82, 2.24) is 19.8 Å². The zero-order valence-electron chi connectivity index (χ0n) is 19.4. The molecule has 2 aromatic carbocycles. The van der Waals surface area contributed by atoms with Gasteiger partial charge in [0, 0.05) is 31.6 Å². The molecule has 32 heavy (non-hydrogen) atoms. The Morgan fingerprint density at radius 3 is 2.50 bits per heavy atom. The summed E-state index contributed by atoms with van der Waals surface area (Å²) >= 11 is 0. The smallest absolute Gasteiger partial charge is 0.251 e. The molecule has 2 amide bonds. The molecule has 1 N–H and O–H groups in total. The molecular weight excluding hydrogens is 400 g/mol. The minimum Gasteiger partial charge on any atom is -0.352 e. The molecule has 170 valence electrons. The first kappa shape index (κ1) is 23.5. The first-order chi connectivity index (χ1) is 15.5. The van der Waals surface area contributed by atoms with Gasteiger partial charge in [0.1, 0.15) is 12.4 Å². The number of rotatable bonds is 11. The van der Waals surface area contributed by atoms with Gasteiger partial charge in [0.2, 0.25) is 5.91 Å². The Bertz CT molecular complexity index is 1050. The van der Waals surface area contributed by atoms with E-state index in [0.29, 0.717) is 25.1 Å². The predicted molar refractivity (Wildman–Crippen MR) is 129 cm³/mol. The lowest BCUT2D eigenvalue weighted by molar-refractivity contribution is -0.131. The highest BCUT2D eigenvalue weighted by Crippen LogP contribution is 2.18. The van der Waals surface area contributed by atoms with E-state index in [2.05, 4.69) is 19.2 Å². The number of hydrogen-bond donors (Lipinski definition) is 1. The van der Waals surface area contributed by atoms with E-state index in [-0.39, 0.29) is 11.8 Å². The van der Waals surface area contributed by atoms with Crippen LogP contribution in [0.5, 0.6) is 0 Å². The van der Waals surface area contributed by atoms with E-state index in [1.165, 1.54) is 0 Å². The highest BCUT2D eigenvalue weighted by Gasteiger charge is 2.17. The molecule has 3 aromatic rings. The van der Waals surface area contributed by atoms with Crippen LogP contribution in [0.25, 0.3) is 11.0 Å². The Morgan fingerprint density at radius 2 is 1.78 bits per heavy atom. The molecule has 0 aliphatic carbocycles. The summed E-state index contributed by atoms with van der Waals surface area (Å²) in [6.45, 7) is 8.58. The summed E-state index contributed by atoms with van der Waals surface area (Å²) in [7, 11) is 0. The van der Waals surface area contributed by atoms with Gasteiger partial charge in [0.15, 0.2) is 0 Å². The topological polar surface area (TPSA) is 67.2 Å². The number of para-hydroxylation sites is 2. The van der Waals surface area contributed by atoms with Gasteiger partial charge in [0.05, 0.1) is 11.0 Å². The molecule has 0 fully saturated rings. The fraction of sp³-hybridized carbons (Fsp3) is 0.423. The van der Waals surface area contributed by atoms with Crippen molar-refractivity contribution in [2.24, 2.45) is 0 Å². The summed E-state index contributed by atoms with van der Waals surface area (Å²) in [6, 6.07) is 15.5. The van der Waals surface area contributed by atoms with Gasteiger partial charge in [0.25, 0.3) is 5.91 Å². The van der Waals surface area contributed by atoms with Gasteiger partial charge >= 0.3 is 0 Å². The third-order valence-electron chi connectivity index (χ3n) is 5.51. The molecule has 0 aliphatic heterocycles. The number of nitrogens with one attached hydrogen (secondary N) is 1. The summed E-state index contributed by atoms with van der Waals surface area (Å²) in [5.41, 5.74) is 3.62. The van der Waals surface area contributed by atoms with Gasteiger partial charge in [-0.3, -0.25) is 9.59 Å². The lowest BCUT2D eigenvalue weighted by Gasteiger charge is -2.22. The largest absolute Gasteiger partial charge is 0.352 e. The standard InChI is InChI=1S/C26H34N4O2/c1-4-16-29(17-5-2)25(31)19-30-23-13-7-6-12-22(23)28-24(30)14-9-15-27-26(32)21-11-8-10-20(3)18-21/h6-8,10-13,18H,4-5,9,14-17,19H2,1-3H3,(H,27,32). The molecule has 6 heteroatoms. The van der Waals surface area contributed by atoms with Crippen LogP contribution in [0.15, 0.2) is 48.5 Å². The third kappa shape index (κ3) is 5.96. The van der Waals surface area contributed by atoms with Crippen molar-refractivity contribution in [3.8, 4) is 0 Å². The van der Waals surface area contributed by atoms with E-state index in [1.54, 1.807) is 0 Å². The summed E-state index contributed by atoms with van der Waals surface area (Å²) in [6.07, 6.45) is 3.34. The highest BCUT2D eigenvalue weighted by molar-refractivity contribution is 5.94. The summed E-state index contributed by atoms with van der Waals surface area (Å²) in [5.74, 6) is 0.954. The zero-order valence-corrected chi connectivity index (χ0v) is 19.4. The molecule has 0 radical (unpaired) electrons. The second kappa shape index (κ2) is 11.5. The van der Waals surface area contributed by atoms with Crippen molar-refractivity contribution in [3.05, 3.63) is 65.5 Å². The van der Waals surface area contributed by atoms with E-state index in [1.807, 2.05) is 64.9 Å². The maximum Gasteiger partial charge on any atom is 0.251 e.